The highest BCUT2D eigenvalue weighted by Gasteiger charge is 1.90. The highest BCUT2D eigenvalue weighted by atomic mass is 16.5. The van der Waals surface area contributed by atoms with Crippen LogP contribution < -0.4 is 0 Å². The van der Waals surface area contributed by atoms with E-state index in [2.05, 4.69) is 4.99 Å². The molecule has 0 atom stereocenters. The Morgan fingerprint density at radius 3 is 2.44 bits per heavy atom. The van der Waals surface area contributed by atoms with Gasteiger partial charge in [-0.2, -0.15) is 0 Å². The lowest BCUT2D eigenvalue weighted by atomic mass is 10.4. The van der Waals surface area contributed by atoms with Crippen molar-refractivity contribution in [2.75, 3.05) is 6.61 Å². The number of hydrogen-bond donors (Lipinski definition) is 0. The second-order valence-electron chi connectivity index (χ2n) is 2.17. The molecule has 0 aliphatic rings. The largest absolute Gasteiger partial charge is 0.481 e. The van der Waals surface area contributed by atoms with Gasteiger partial charge in [-0.3, -0.25) is 4.99 Å². The smallest absolute Gasteiger partial charge is 0.180 e. The average molecular weight is 129 g/mol. The molecule has 0 amide bonds. The first-order valence-electron chi connectivity index (χ1n) is 3.34. The number of rotatable bonds is 2. The molecule has 0 saturated heterocycles. The van der Waals surface area contributed by atoms with Crippen molar-refractivity contribution in [3.05, 3.63) is 0 Å². The molecule has 0 aliphatic carbocycles. The van der Waals surface area contributed by atoms with E-state index in [1.165, 1.54) is 0 Å². The highest BCUT2D eigenvalue weighted by Crippen LogP contribution is 1.88. The summed E-state index contributed by atoms with van der Waals surface area (Å²) in [6, 6.07) is 0.344. The van der Waals surface area contributed by atoms with E-state index in [4.69, 9.17) is 4.74 Å². The van der Waals surface area contributed by atoms with Gasteiger partial charge in [-0.05, 0) is 20.8 Å². The molecular formula is C7H15NO. The first-order valence-corrected chi connectivity index (χ1v) is 3.34. The summed E-state index contributed by atoms with van der Waals surface area (Å²) in [6.07, 6.45) is 0. The topological polar surface area (TPSA) is 21.6 Å². The lowest BCUT2D eigenvalue weighted by Crippen LogP contribution is -2.02. The van der Waals surface area contributed by atoms with E-state index in [-0.39, 0.29) is 0 Å². The summed E-state index contributed by atoms with van der Waals surface area (Å²) in [5.41, 5.74) is 0. The number of nitrogens with zero attached hydrogens (tertiary/aromatic N) is 1. The van der Waals surface area contributed by atoms with Crippen LogP contribution in [0.1, 0.15) is 27.7 Å². The second kappa shape index (κ2) is 4.36. The Morgan fingerprint density at radius 1 is 1.56 bits per heavy atom. The Hall–Kier alpha value is -0.530. The third kappa shape index (κ3) is 5.34. The van der Waals surface area contributed by atoms with Crippen LogP contribution in [0.3, 0.4) is 0 Å². The van der Waals surface area contributed by atoms with Crippen LogP contribution in [0, 0.1) is 0 Å². The van der Waals surface area contributed by atoms with Crippen LogP contribution in [-0.2, 0) is 4.74 Å². The van der Waals surface area contributed by atoms with Crippen LogP contribution in [0.4, 0.5) is 0 Å². The van der Waals surface area contributed by atoms with Gasteiger partial charge in [-0.25, -0.2) is 0 Å². The van der Waals surface area contributed by atoms with Gasteiger partial charge < -0.3 is 4.74 Å². The van der Waals surface area contributed by atoms with Crippen molar-refractivity contribution in [2.45, 2.75) is 33.7 Å². The average Bonchev–Trinajstić information content (AvgIpc) is 1.63. The van der Waals surface area contributed by atoms with Gasteiger partial charge >= 0.3 is 0 Å². The first-order chi connectivity index (χ1) is 4.16. The van der Waals surface area contributed by atoms with Crippen molar-refractivity contribution in [3.8, 4) is 0 Å². The Bertz CT molecular complexity index is 97.1. The van der Waals surface area contributed by atoms with Crippen molar-refractivity contribution in [1.82, 2.24) is 0 Å². The summed E-state index contributed by atoms with van der Waals surface area (Å²) in [5.74, 6) is 0.785. The summed E-state index contributed by atoms with van der Waals surface area (Å²) in [5, 5.41) is 0. The summed E-state index contributed by atoms with van der Waals surface area (Å²) in [6.45, 7) is 8.61. The van der Waals surface area contributed by atoms with Gasteiger partial charge in [-0.1, -0.05) is 0 Å². The quantitative estimate of drug-likeness (QED) is 0.412. The Labute approximate surface area is 56.9 Å². The predicted molar refractivity (Wildman–Crippen MR) is 39.9 cm³/mol. The minimum Gasteiger partial charge on any atom is -0.481 e. The fourth-order valence-corrected chi connectivity index (χ4v) is 0.610. The van der Waals surface area contributed by atoms with Crippen LogP contribution >= 0.6 is 0 Å². The molecule has 0 bridgehead atoms. The van der Waals surface area contributed by atoms with E-state index < -0.39 is 0 Å². The molecule has 2 heteroatoms. The van der Waals surface area contributed by atoms with Gasteiger partial charge in [0.15, 0.2) is 5.90 Å². The van der Waals surface area contributed by atoms with Crippen LogP contribution in [0.5, 0.6) is 0 Å². The van der Waals surface area contributed by atoms with Crippen LogP contribution in [0.2, 0.25) is 0 Å². The number of ether oxygens (including phenoxy) is 1. The zero-order valence-corrected chi connectivity index (χ0v) is 6.64. The van der Waals surface area contributed by atoms with Gasteiger partial charge in [-0.15, -0.1) is 0 Å². The summed E-state index contributed by atoms with van der Waals surface area (Å²) >= 11 is 0. The molecule has 9 heavy (non-hydrogen) atoms. The SMILES string of the molecule is CCO/C(C)=N/C(C)C. The Morgan fingerprint density at radius 2 is 2.11 bits per heavy atom. The minimum atomic E-state index is 0.344. The molecule has 0 rings (SSSR count). The summed E-state index contributed by atoms with van der Waals surface area (Å²) in [4.78, 5) is 4.16. The molecule has 0 radical (unpaired) electrons. The van der Waals surface area contributed by atoms with Crippen molar-refractivity contribution in [1.29, 1.82) is 0 Å². The maximum atomic E-state index is 5.10. The Kier molecular flexibility index (Phi) is 4.10. The molecular weight excluding hydrogens is 114 g/mol. The van der Waals surface area contributed by atoms with E-state index in [9.17, 15) is 0 Å². The van der Waals surface area contributed by atoms with E-state index in [1.54, 1.807) is 0 Å². The van der Waals surface area contributed by atoms with Crippen LogP contribution in [0.25, 0.3) is 0 Å². The highest BCUT2D eigenvalue weighted by molar-refractivity contribution is 5.73. The van der Waals surface area contributed by atoms with E-state index >= 15 is 0 Å². The maximum absolute atomic E-state index is 5.10. The fourth-order valence-electron chi connectivity index (χ4n) is 0.610. The molecule has 0 N–H and O–H groups in total. The molecule has 0 aliphatic heterocycles. The molecule has 2 nitrogen and oxygen atoms in total. The van der Waals surface area contributed by atoms with Crippen molar-refractivity contribution in [3.63, 3.8) is 0 Å². The zero-order chi connectivity index (χ0) is 7.28. The summed E-state index contributed by atoms with van der Waals surface area (Å²) < 4.78 is 5.10. The lowest BCUT2D eigenvalue weighted by Gasteiger charge is -2.02. The zero-order valence-electron chi connectivity index (χ0n) is 6.64. The summed E-state index contributed by atoms with van der Waals surface area (Å²) in [7, 11) is 0. The van der Waals surface area contributed by atoms with Gasteiger partial charge in [0.25, 0.3) is 0 Å². The van der Waals surface area contributed by atoms with E-state index in [0.29, 0.717) is 12.6 Å². The first kappa shape index (κ1) is 8.47. The third-order valence-corrected chi connectivity index (χ3v) is 0.793. The molecule has 0 aromatic carbocycles. The second-order valence-corrected chi connectivity index (χ2v) is 2.17. The lowest BCUT2D eigenvalue weighted by molar-refractivity contribution is 0.321. The van der Waals surface area contributed by atoms with Crippen molar-refractivity contribution < 1.29 is 4.74 Å². The molecule has 54 valence electrons. The van der Waals surface area contributed by atoms with E-state index in [1.807, 2.05) is 27.7 Å². The van der Waals surface area contributed by atoms with E-state index in [0.717, 1.165) is 5.90 Å². The molecule has 0 saturated carbocycles. The van der Waals surface area contributed by atoms with Gasteiger partial charge in [0.1, 0.15) is 0 Å². The third-order valence-electron chi connectivity index (χ3n) is 0.793. The van der Waals surface area contributed by atoms with Gasteiger partial charge in [0.2, 0.25) is 0 Å². The van der Waals surface area contributed by atoms with Crippen LogP contribution in [0.15, 0.2) is 4.99 Å². The predicted octanol–water partition coefficient (Wildman–Crippen LogP) is 1.85. The monoisotopic (exact) mass is 129 g/mol. The molecule has 0 unspecified atom stereocenters. The molecule has 0 aromatic heterocycles. The minimum absolute atomic E-state index is 0.344. The van der Waals surface area contributed by atoms with Crippen molar-refractivity contribution in [2.24, 2.45) is 4.99 Å². The standard InChI is InChI=1S/C7H15NO/c1-5-9-7(4)8-6(2)3/h6H,5H2,1-4H3/b8-7+. The molecule has 0 spiro atoms. The molecule has 0 aromatic rings. The number of aliphatic imine (C=N–C) groups is 1. The molecule has 0 heterocycles. The van der Waals surface area contributed by atoms with Gasteiger partial charge in [0.05, 0.1) is 6.61 Å². The normalized spacial score (nSPS) is 12.3. The molecule has 0 fully saturated rings. The Balaban J connectivity index is 3.55. The number of hydrogen-bond acceptors (Lipinski definition) is 2. The van der Waals surface area contributed by atoms with Gasteiger partial charge in [0, 0.05) is 13.0 Å². The van der Waals surface area contributed by atoms with Crippen molar-refractivity contribution >= 4 is 5.90 Å². The maximum Gasteiger partial charge on any atom is 0.180 e. The fraction of sp³-hybridized carbons (Fsp3) is 0.857. The van der Waals surface area contributed by atoms with Crippen LogP contribution in [-0.4, -0.2) is 18.5 Å².